The molecule has 0 aliphatic heterocycles. The van der Waals surface area contributed by atoms with E-state index >= 15 is 0 Å². The van der Waals surface area contributed by atoms with E-state index < -0.39 is 0 Å². The van der Waals surface area contributed by atoms with E-state index in [-0.39, 0.29) is 5.91 Å². The fourth-order valence-corrected chi connectivity index (χ4v) is 2.21. The van der Waals surface area contributed by atoms with Gasteiger partial charge >= 0.3 is 0 Å². The Morgan fingerprint density at radius 3 is 2.50 bits per heavy atom. The van der Waals surface area contributed by atoms with Gasteiger partial charge in [0.1, 0.15) is 5.82 Å². The molecule has 22 heavy (non-hydrogen) atoms. The molecule has 0 unspecified atom stereocenters. The molecule has 120 valence electrons. The topological polar surface area (TPSA) is 90.5 Å². The Labute approximate surface area is 129 Å². The second kappa shape index (κ2) is 7.15. The number of hydrogen-bond acceptors (Lipinski definition) is 5. The molecule has 0 radical (unpaired) electrons. The maximum atomic E-state index is 11.8. The Morgan fingerprint density at radius 2 is 1.91 bits per heavy atom. The summed E-state index contributed by atoms with van der Waals surface area (Å²) in [6.07, 6.45) is 1.24. The molecule has 0 spiro atoms. The van der Waals surface area contributed by atoms with Crippen molar-refractivity contribution in [3.8, 4) is 0 Å². The molecule has 2 aromatic heterocycles. The van der Waals surface area contributed by atoms with Gasteiger partial charge in [0.15, 0.2) is 0 Å². The van der Waals surface area contributed by atoms with Crippen LogP contribution in [0.3, 0.4) is 0 Å². The zero-order chi connectivity index (χ0) is 16.1. The highest BCUT2D eigenvalue weighted by atomic mass is 16.1. The number of rotatable bonds is 7. The van der Waals surface area contributed by atoms with E-state index in [9.17, 15) is 4.79 Å². The van der Waals surface area contributed by atoms with Crippen LogP contribution in [0.2, 0.25) is 0 Å². The third-order valence-electron chi connectivity index (χ3n) is 3.87. The van der Waals surface area contributed by atoms with Gasteiger partial charge in [0.05, 0.1) is 12.2 Å². The van der Waals surface area contributed by atoms with Crippen molar-refractivity contribution in [2.75, 3.05) is 6.54 Å². The number of carbonyl (C=O) groups excluding carboxylic acids is 1. The molecule has 0 atom stereocenters. The number of hydrogen-bond donors (Lipinski definition) is 1. The second-order valence-corrected chi connectivity index (χ2v) is 5.42. The van der Waals surface area contributed by atoms with E-state index in [1.54, 1.807) is 4.68 Å². The fraction of sp³-hybridized carbons (Fsp3) is 0.643. The maximum Gasteiger partial charge on any atom is 0.221 e. The first-order valence-electron chi connectivity index (χ1n) is 7.49. The molecule has 0 aromatic carbocycles. The minimum atomic E-state index is 0.0134. The Kier molecular flexibility index (Phi) is 5.24. The number of amides is 1. The summed E-state index contributed by atoms with van der Waals surface area (Å²) < 4.78 is 3.62. The van der Waals surface area contributed by atoms with E-state index in [4.69, 9.17) is 0 Å². The van der Waals surface area contributed by atoms with Crippen LogP contribution in [0.5, 0.6) is 0 Å². The quantitative estimate of drug-likeness (QED) is 0.760. The molecule has 1 N–H and O–H groups in total. The highest BCUT2D eigenvalue weighted by Crippen LogP contribution is 2.10. The molecular weight excluding hydrogens is 282 g/mol. The average Bonchev–Trinajstić information content (AvgIpc) is 3.00. The number of tetrazole rings is 1. The van der Waals surface area contributed by atoms with Gasteiger partial charge in [-0.25, -0.2) is 4.68 Å². The number of carbonyl (C=O) groups is 1. The van der Waals surface area contributed by atoms with Crippen LogP contribution in [-0.2, 0) is 17.9 Å². The minimum absolute atomic E-state index is 0.0134. The normalized spacial score (nSPS) is 10.9. The third-order valence-corrected chi connectivity index (χ3v) is 3.87. The summed E-state index contributed by atoms with van der Waals surface area (Å²) in [5.74, 6) is 0.729. The minimum Gasteiger partial charge on any atom is -0.356 e. The summed E-state index contributed by atoms with van der Waals surface area (Å²) in [4.78, 5) is 11.8. The molecule has 0 saturated heterocycles. The lowest BCUT2D eigenvalue weighted by molar-refractivity contribution is -0.121. The molecule has 8 heteroatoms. The lowest BCUT2D eigenvalue weighted by Crippen LogP contribution is -2.26. The lowest BCUT2D eigenvalue weighted by Gasteiger charge is -2.07. The fourth-order valence-electron chi connectivity index (χ4n) is 2.21. The molecule has 0 saturated carbocycles. The maximum absolute atomic E-state index is 11.8. The molecule has 1 amide bonds. The molecule has 2 rings (SSSR count). The number of nitrogens with one attached hydrogen (secondary N) is 1. The van der Waals surface area contributed by atoms with Crippen LogP contribution >= 0.6 is 0 Å². The third kappa shape index (κ3) is 3.90. The van der Waals surface area contributed by atoms with E-state index in [1.807, 2.05) is 18.5 Å². The van der Waals surface area contributed by atoms with Gasteiger partial charge in [-0.1, -0.05) is 0 Å². The summed E-state index contributed by atoms with van der Waals surface area (Å²) in [6.45, 7) is 9.94. The van der Waals surface area contributed by atoms with Crippen molar-refractivity contribution in [3.05, 3.63) is 22.8 Å². The predicted molar refractivity (Wildman–Crippen MR) is 81.2 cm³/mol. The summed E-state index contributed by atoms with van der Waals surface area (Å²) in [5.41, 5.74) is 3.50. The van der Waals surface area contributed by atoms with Gasteiger partial charge in [-0.3, -0.25) is 9.48 Å². The predicted octanol–water partition coefficient (Wildman–Crippen LogP) is 0.700. The Morgan fingerprint density at radius 1 is 1.14 bits per heavy atom. The van der Waals surface area contributed by atoms with Gasteiger partial charge in [0, 0.05) is 25.2 Å². The Balaban J connectivity index is 1.67. The SMILES string of the molecule is Cc1nn(CCCNC(=O)CCn2nnnc2C)c(C)c1C. The van der Waals surface area contributed by atoms with E-state index in [1.165, 1.54) is 11.3 Å². The van der Waals surface area contributed by atoms with Crippen LogP contribution in [0.1, 0.15) is 35.6 Å². The average molecular weight is 305 g/mol. The largest absolute Gasteiger partial charge is 0.356 e. The van der Waals surface area contributed by atoms with Gasteiger partial charge < -0.3 is 5.32 Å². The zero-order valence-corrected chi connectivity index (χ0v) is 13.6. The van der Waals surface area contributed by atoms with Crippen molar-refractivity contribution in [2.24, 2.45) is 0 Å². The number of aromatic nitrogens is 6. The van der Waals surface area contributed by atoms with Crippen molar-refractivity contribution >= 4 is 5.91 Å². The van der Waals surface area contributed by atoms with E-state index in [0.717, 1.165) is 18.7 Å². The van der Waals surface area contributed by atoms with Crippen LogP contribution in [-0.4, -0.2) is 42.4 Å². The van der Waals surface area contributed by atoms with E-state index in [2.05, 4.69) is 39.8 Å². The summed E-state index contributed by atoms with van der Waals surface area (Å²) in [7, 11) is 0. The van der Waals surface area contributed by atoms with Crippen molar-refractivity contribution in [1.82, 2.24) is 35.3 Å². The Bertz CT molecular complexity index is 644. The lowest BCUT2D eigenvalue weighted by atomic mass is 10.2. The van der Waals surface area contributed by atoms with Crippen LogP contribution < -0.4 is 5.32 Å². The van der Waals surface area contributed by atoms with Crippen molar-refractivity contribution < 1.29 is 4.79 Å². The molecule has 8 nitrogen and oxygen atoms in total. The van der Waals surface area contributed by atoms with Crippen molar-refractivity contribution in [3.63, 3.8) is 0 Å². The highest BCUT2D eigenvalue weighted by molar-refractivity contribution is 5.75. The van der Waals surface area contributed by atoms with Crippen LogP contribution in [0.15, 0.2) is 0 Å². The first-order valence-corrected chi connectivity index (χ1v) is 7.49. The van der Waals surface area contributed by atoms with Gasteiger partial charge in [-0.2, -0.15) is 5.10 Å². The van der Waals surface area contributed by atoms with Gasteiger partial charge in [0.2, 0.25) is 5.91 Å². The van der Waals surface area contributed by atoms with Gasteiger partial charge in [-0.05, 0) is 50.1 Å². The first kappa shape index (κ1) is 16.1. The van der Waals surface area contributed by atoms with Crippen molar-refractivity contribution in [1.29, 1.82) is 0 Å². The summed E-state index contributed by atoms with van der Waals surface area (Å²) in [6, 6.07) is 0. The monoisotopic (exact) mass is 305 g/mol. The van der Waals surface area contributed by atoms with Crippen LogP contribution in [0, 0.1) is 27.7 Å². The standard InChI is InChI=1S/C14H23N7O/c1-10-11(2)17-20(12(10)3)8-5-7-15-14(22)6-9-21-13(4)16-18-19-21/h5-9H2,1-4H3,(H,15,22). The second-order valence-electron chi connectivity index (χ2n) is 5.42. The summed E-state index contributed by atoms with van der Waals surface area (Å²) in [5, 5.41) is 18.5. The van der Waals surface area contributed by atoms with Crippen LogP contribution in [0.25, 0.3) is 0 Å². The molecule has 2 heterocycles. The molecule has 0 aliphatic carbocycles. The van der Waals surface area contributed by atoms with Crippen LogP contribution in [0.4, 0.5) is 0 Å². The molecule has 2 aromatic rings. The number of aryl methyl sites for hydroxylation is 4. The van der Waals surface area contributed by atoms with Gasteiger partial charge in [0.25, 0.3) is 0 Å². The molecule has 0 aliphatic rings. The van der Waals surface area contributed by atoms with Gasteiger partial charge in [-0.15, -0.1) is 5.10 Å². The zero-order valence-electron chi connectivity index (χ0n) is 13.6. The smallest absolute Gasteiger partial charge is 0.221 e. The summed E-state index contributed by atoms with van der Waals surface area (Å²) >= 11 is 0. The van der Waals surface area contributed by atoms with Crippen molar-refractivity contribution in [2.45, 2.75) is 53.6 Å². The first-order chi connectivity index (χ1) is 10.5. The highest BCUT2D eigenvalue weighted by Gasteiger charge is 2.07. The number of nitrogens with zero attached hydrogens (tertiary/aromatic N) is 6. The molecule has 0 fully saturated rings. The molecule has 0 bridgehead atoms. The Hall–Kier alpha value is -2.25. The molecular formula is C14H23N7O. The van der Waals surface area contributed by atoms with E-state index in [0.29, 0.717) is 25.3 Å².